The Balaban J connectivity index is 2.61. The lowest BCUT2D eigenvalue weighted by atomic mass is 10.3. The first kappa shape index (κ1) is 10.4. The van der Waals surface area contributed by atoms with E-state index in [1.807, 2.05) is 26.0 Å². The first-order valence-corrected chi connectivity index (χ1v) is 5.55. The molecule has 1 aromatic heterocycles. The van der Waals surface area contributed by atoms with Crippen molar-refractivity contribution in [1.82, 2.24) is 9.97 Å². The fourth-order valence-electron chi connectivity index (χ4n) is 1.37. The van der Waals surface area contributed by atoms with Crippen molar-refractivity contribution in [2.75, 3.05) is 6.61 Å². The highest BCUT2D eigenvalue weighted by atomic mass is 79.9. The molecule has 0 radical (unpaired) electrons. The van der Waals surface area contributed by atoms with Gasteiger partial charge in [-0.2, -0.15) is 0 Å². The number of benzene rings is 1. The van der Waals surface area contributed by atoms with E-state index in [-0.39, 0.29) is 0 Å². The summed E-state index contributed by atoms with van der Waals surface area (Å²) in [5.41, 5.74) is 2.64. The first-order valence-electron chi connectivity index (χ1n) is 4.76. The van der Waals surface area contributed by atoms with Gasteiger partial charge in [-0.25, -0.2) is 4.98 Å². The number of aryl methyl sites for hydroxylation is 1. The van der Waals surface area contributed by atoms with Crippen LogP contribution in [0, 0.1) is 6.92 Å². The Kier molecular flexibility index (Phi) is 2.86. The van der Waals surface area contributed by atoms with Crippen molar-refractivity contribution in [1.29, 1.82) is 0 Å². The first-order chi connectivity index (χ1) is 7.20. The summed E-state index contributed by atoms with van der Waals surface area (Å²) in [6.45, 7) is 4.52. The molecule has 0 N–H and O–H groups in total. The maximum Gasteiger partial charge on any atom is 0.135 e. The van der Waals surface area contributed by atoms with Crippen LogP contribution in [0.15, 0.2) is 22.8 Å². The molecule has 78 valence electrons. The minimum Gasteiger partial charge on any atom is -0.493 e. The highest BCUT2D eigenvalue weighted by molar-refractivity contribution is 9.10. The molecule has 0 spiro atoms. The van der Waals surface area contributed by atoms with Gasteiger partial charge in [0.1, 0.15) is 5.75 Å². The summed E-state index contributed by atoms with van der Waals surface area (Å²) in [4.78, 5) is 8.69. The third-order valence-corrected chi connectivity index (χ3v) is 2.64. The molecule has 1 heterocycles. The fraction of sp³-hybridized carbons (Fsp3) is 0.273. The third kappa shape index (κ3) is 2.09. The van der Waals surface area contributed by atoms with E-state index in [1.54, 1.807) is 6.20 Å². The molecule has 0 amide bonds. The molecule has 0 bridgehead atoms. The standard InChI is InChI=1S/C11H11BrN2O/c1-3-15-11-5-10-9(4-8(11)12)13-6-7(2)14-10/h4-6H,3H2,1-2H3. The minimum absolute atomic E-state index is 0.642. The van der Waals surface area contributed by atoms with E-state index >= 15 is 0 Å². The normalized spacial score (nSPS) is 10.6. The van der Waals surface area contributed by atoms with Crippen LogP contribution in [-0.2, 0) is 0 Å². The second kappa shape index (κ2) is 4.14. The summed E-state index contributed by atoms with van der Waals surface area (Å²) in [5.74, 6) is 0.810. The Morgan fingerprint density at radius 3 is 2.87 bits per heavy atom. The molecule has 4 heteroatoms. The van der Waals surface area contributed by atoms with Crippen molar-refractivity contribution in [3.63, 3.8) is 0 Å². The topological polar surface area (TPSA) is 35.0 Å². The number of hydrogen-bond acceptors (Lipinski definition) is 3. The highest BCUT2D eigenvalue weighted by Crippen LogP contribution is 2.28. The van der Waals surface area contributed by atoms with Crippen molar-refractivity contribution in [2.24, 2.45) is 0 Å². The van der Waals surface area contributed by atoms with Gasteiger partial charge in [-0.1, -0.05) is 0 Å². The van der Waals surface area contributed by atoms with Crippen LogP contribution in [0.1, 0.15) is 12.6 Å². The Morgan fingerprint density at radius 2 is 2.13 bits per heavy atom. The SMILES string of the molecule is CCOc1cc2nc(C)cnc2cc1Br. The molecule has 1 aromatic carbocycles. The smallest absolute Gasteiger partial charge is 0.135 e. The predicted molar refractivity (Wildman–Crippen MR) is 63.1 cm³/mol. The van der Waals surface area contributed by atoms with Gasteiger partial charge in [-0.05, 0) is 35.8 Å². The average molecular weight is 267 g/mol. The van der Waals surface area contributed by atoms with Gasteiger partial charge in [0.2, 0.25) is 0 Å². The second-order valence-electron chi connectivity index (χ2n) is 3.22. The molecule has 0 aliphatic heterocycles. The molecular formula is C11H11BrN2O. The summed E-state index contributed by atoms with van der Waals surface area (Å²) < 4.78 is 6.38. The van der Waals surface area contributed by atoms with Crippen molar-refractivity contribution in [3.8, 4) is 5.75 Å². The van der Waals surface area contributed by atoms with E-state index in [4.69, 9.17) is 4.74 Å². The fourth-order valence-corrected chi connectivity index (χ4v) is 1.82. The average Bonchev–Trinajstić information content (AvgIpc) is 2.20. The molecule has 0 aliphatic rings. The lowest BCUT2D eigenvalue weighted by Gasteiger charge is -2.06. The van der Waals surface area contributed by atoms with Crippen molar-refractivity contribution < 1.29 is 4.74 Å². The number of hydrogen-bond donors (Lipinski definition) is 0. The lowest BCUT2D eigenvalue weighted by molar-refractivity contribution is 0.338. The number of aromatic nitrogens is 2. The Bertz CT molecular complexity index is 499. The van der Waals surface area contributed by atoms with Crippen LogP contribution < -0.4 is 4.74 Å². The van der Waals surface area contributed by atoms with Crippen LogP contribution >= 0.6 is 15.9 Å². The van der Waals surface area contributed by atoms with E-state index < -0.39 is 0 Å². The molecule has 3 nitrogen and oxygen atoms in total. The van der Waals surface area contributed by atoms with Gasteiger partial charge in [0.15, 0.2) is 0 Å². The Hall–Kier alpha value is -1.16. The number of ether oxygens (including phenoxy) is 1. The van der Waals surface area contributed by atoms with Crippen molar-refractivity contribution in [2.45, 2.75) is 13.8 Å². The van der Waals surface area contributed by atoms with Crippen LogP contribution in [0.25, 0.3) is 11.0 Å². The maximum absolute atomic E-state index is 5.47. The minimum atomic E-state index is 0.642. The van der Waals surface area contributed by atoms with Gasteiger partial charge in [0.25, 0.3) is 0 Å². The zero-order chi connectivity index (χ0) is 10.8. The van der Waals surface area contributed by atoms with E-state index in [0.717, 1.165) is 26.9 Å². The van der Waals surface area contributed by atoms with Crippen LogP contribution in [0.3, 0.4) is 0 Å². The molecule has 0 atom stereocenters. The largest absolute Gasteiger partial charge is 0.493 e. The van der Waals surface area contributed by atoms with Gasteiger partial charge in [0.05, 0.1) is 27.8 Å². The molecule has 0 fully saturated rings. The monoisotopic (exact) mass is 266 g/mol. The zero-order valence-corrected chi connectivity index (χ0v) is 10.2. The summed E-state index contributed by atoms with van der Waals surface area (Å²) in [6.07, 6.45) is 1.76. The predicted octanol–water partition coefficient (Wildman–Crippen LogP) is 3.10. The second-order valence-corrected chi connectivity index (χ2v) is 4.07. The van der Waals surface area contributed by atoms with Crippen molar-refractivity contribution in [3.05, 3.63) is 28.5 Å². The molecule has 2 rings (SSSR count). The highest BCUT2D eigenvalue weighted by Gasteiger charge is 2.05. The Labute approximate surface area is 96.6 Å². The molecule has 0 aliphatic carbocycles. The summed E-state index contributed by atoms with van der Waals surface area (Å²) in [6, 6.07) is 3.83. The number of nitrogens with zero attached hydrogens (tertiary/aromatic N) is 2. The van der Waals surface area contributed by atoms with Gasteiger partial charge in [-0.15, -0.1) is 0 Å². The Morgan fingerprint density at radius 1 is 1.33 bits per heavy atom. The molecule has 2 aromatic rings. The van der Waals surface area contributed by atoms with Crippen LogP contribution in [-0.4, -0.2) is 16.6 Å². The number of rotatable bonds is 2. The summed E-state index contributed by atoms with van der Waals surface area (Å²) >= 11 is 3.44. The number of fused-ring (bicyclic) bond motifs is 1. The van der Waals surface area contributed by atoms with Gasteiger partial charge >= 0.3 is 0 Å². The molecule has 0 unspecified atom stereocenters. The van der Waals surface area contributed by atoms with Crippen LogP contribution in [0.5, 0.6) is 5.75 Å². The summed E-state index contributed by atoms with van der Waals surface area (Å²) in [5, 5.41) is 0. The molecule has 15 heavy (non-hydrogen) atoms. The van der Waals surface area contributed by atoms with Gasteiger partial charge in [-0.3, -0.25) is 4.98 Å². The summed E-state index contributed by atoms with van der Waals surface area (Å²) in [7, 11) is 0. The maximum atomic E-state index is 5.47. The molecular weight excluding hydrogens is 256 g/mol. The van der Waals surface area contributed by atoms with E-state index in [2.05, 4.69) is 25.9 Å². The quantitative estimate of drug-likeness (QED) is 0.838. The molecule has 0 saturated heterocycles. The molecule has 0 saturated carbocycles. The van der Waals surface area contributed by atoms with Gasteiger partial charge in [0, 0.05) is 12.3 Å². The van der Waals surface area contributed by atoms with E-state index in [1.165, 1.54) is 0 Å². The number of halogens is 1. The zero-order valence-electron chi connectivity index (χ0n) is 8.62. The lowest BCUT2D eigenvalue weighted by Crippen LogP contribution is -1.94. The van der Waals surface area contributed by atoms with Crippen LogP contribution in [0.2, 0.25) is 0 Å². The van der Waals surface area contributed by atoms with Crippen LogP contribution in [0.4, 0.5) is 0 Å². The van der Waals surface area contributed by atoms with E-state index in [9.17, 15) is 0 Å². The van der Waals surface area contributed by atoms with E-state index in [0.29, 0.717) is 6.61 Å². The van der Waals surface area contributed by atoms with Gasteiger partial charge < -0.3 is 4.74 Å². The van der Waals surface area contributed by atoms with Crippen molar-refractivity contribution >= 4 is 27.0 Å². The third-order valence-electron chi connectivity index (χ3n) is 2.02.